The zero-order valence-electron chi connectivity index (χ0n) is 10.1. The number of hydrogen-bond acceptors (Lipinski definition) is 2. The second-order valence-corrected chi connectivity index (χ2v) is 4.88. The Morgan fingerprint density at radius 3 is 2.82 bits per heavy atom. The smallest absolute Gasteiger partial charge is 0.125 e. The molecule has 2 aromatic rings. The lowest BCUT2D eigenvalue weighted by molar-refractivity contribution is 0.481. The molecule has 1 aromatic carbocycles. The molecule has 0 atom stereocenters. The summed E-state index contributed by atoms with van der Waals surface area (Å²) in [6.45, 7) is 2.75. The molecule has 17 heavy (non-hydrogen) atoms. The van der Waals surface area contributed by atoms with Crippen LogP contribution in [0, 0.1) is 6.92 Å². The van der Waals surface area contributed by atoms with Crippen LogP contribution in [-0.2, 0) is 6.42 Å². The number of nitrogens with two attached hydrogens (primary N) is 1. The first-order valence-corrected chi connectivity index (χ1v) is 6.25. The van der Waals surface area contributed by atoms with Crippen LogP contribution in [0.3, 0.4) is 0 Å². The first kappa shape index (κ1) is 10.7. The number of nitrogens with zero attached hydrogens (tertiary/aromatic N) is 1. The Hall–Kier alpha value is -1.48. The van der Waals surface area contributed by atoms with Gasteiger partial charge in [-0.2, -0.15) is 0 Å². The summed E-state index contributed by atoms with van der Waals surface area (Å²) in [6, 6.07) is 6.40. The van der Waals surface area contributed by atoms with Crippen molar-refractivity contribution in [3.05, 3.63) is 29.5 Å². The minimum absolute atomic E-state index is 0.387. The normalized spacial score (nSPS) is 15.6. The molecule has 0 bridgehead atoms. The Labute approximate surface area is 101 Å². The molecule has 1 saturated carbocycles. The average molecular weight is 230 g/mol. The van der Waals surface area contributed by atoms with Crippen molar-refractivity contribution in [1.82, 2.24) is 4.57 Å². The predicted octanol–water partition coefficient (Wildman–Crippen LogP) is 2.49. The molecular formula is C14H18N2O. The Morgan fingerprint density at radius 2 is 2.18 bits per heavy atom. The van der Waals surface area contributed by atoms with Crippen LogP contribution in [0.1, 0.15) is 30.1 Å². The first-order chi connectivity index (χ1) is 8.24. The lowest BCUT2D eigenvalue weighted by atomic mass is 10.1. The van der Waals surface area contributed by atoms with Gasteiger partial charge in [-0.05, 0) is 44.0 Å². The van der Waals surface area contributed by atoms with Crippen molar-refractivity contribution in [2.75, 3.05) is 6.54 Å². The van der Waals surface area contributed by atoms with Gasteiger partial charge in [-0.15, -0.1) is 0 Å². The third-order valence-corrected chi connectivity index (χ3v) is 3.67. The van der Waals surface area contributed by atoms with Crippen LogP contribution in [-0.4, -0.2) is 16.2 Å². The number of phenols is 1. The van der Waals surface area contributed by atoms with Crippen LogP contribution in [0.25, 0.3) is 10.9 Å². The molecule has 3 nitrogen and oxygen atoms in total. The molecule has 1 fully saturated rings. The van der Waals surface area contributed by atoms with E-state index >= 15 is 0 Å². The van der Waals surface area contributed by atoms with E-state index in [0.29, 0.717) is 18.3 Å². The van der Waals surface area contributed by atoms with Gasteiger partial charge in [-0.3, -0.25) is 0 Å². The summed E-state index contributed by atoms with van der Waals surface area (Å²) in [4.78, 5) is 0. The van der Waals surface area contributed by atoms with Crippen LogP contribution >= 0.6 is 0 Å². The van der Waals surface area contributed by atoms with Crippen molar-refractivity contribution < 1.29 is 5.11 Å². The number of aromatic hydroxyl groups is 1. The Morgan fingerprint density at radius 1 is 1.41 bits per heavy atom. The van der Waals surface area contributed by atoms with Crippen LogP contribution in [0.2, 0.25) is 0 Å². The number of fused-ring (bicyclic) bond motifs is 1. The summed E-state index contributed by atoms with van der Waals surface area (Å²) in [5, 5.41) is 11.0. The van der Waals surface area contributed by atoms with Crippen LogP contribution in [0.5, 0.6) is 5.75 Å². The van der Waals surface area contributed by atoms with Crippen LogP contribution < -0.4 is 5.73 Å². The van der Waals surface area contributed by atoms with Crippen molar-refractivity contribution >= 4 is 10.9 Å². The van der Waals surface area contributed by atoms with Crippen molar-refractivity contribution in [2.24, 2.45) is 5.73 Å². The number of aromatic nitrogens is 1. The summed E-state index contributed by atoms with van der Waals surface area (Å²) in [6.07, 6.45) is 3.38. The third kappa shape index (κ3) is 1.53. The second kappa shape index (κ2) is 3.77. The molecule has 0 unspecified atom stereocenters. The van der Waals surface area contributed by atoms with E-state index < -0.39 is 0 Å². The molecule has 1 aromatic heterocycles. The molecule has 0 radical (unpaired) electrons. The van der Waals surface area contributed by atoms with E-state index in [4.69, 9.17) is 5.73 Å². The van der Waals surface area contributed by atoms with Gasteiger partial charge >= 0.3 is 0 Å². The van der Waals surface area contributed by atoms with Crippen molar-refractivity contribution in [2.45, 2.75) is 32.2 Å². The lowest BCUT2D eigenvalue weighted by Crippen LogP contribution is -2.09. The molecule has 0 aliphatic heterocycles. The van der Waals surface area contributed by atoms with E-state index in [1.807, 2.05) is 6.07 Å². The lowest BCUT2D eigenvalue weighted by Gasteiger charge is -2.09. The van der Waals surface area contributed by atoms with Crippen LogP contribution in [0.4, 0.5) is 0 Å². The SMILES string of the molecule is Cc1c(CCN)n(C2CC2)c2cccc(O)c12. The van der Waals surface area contributed by atoms with Crippen molar-refractivity contribution in [1.29, 1.82) is 0 Å². The van der Waals surface area contributed by atoms with Gasteiger partial charge in [0.25, 0.3) is 0 Å². The van der Waals surface area contributed by atoms with Gasteiger partial charge in [0.05, 0.1) is 5.52 Å². The van der Waals surface area contributed by atoms with Gasteiger partial charge in [-0.1, -0.05) is 6.07 Å². The highest BCUT2D eigenvalue weighted by Gasteiger charge is 2.29. The second-order valence-electron chi connectivity index (χ2n) is 4.88. The van der Waals surface area contributed by atoms with E-state index in [2.05, 4.69) is 17.6 Å². The summed E-state index contributed by atoms with van der Waals surface area (Å²) in [7, 11) is 0. The molecule has 90 valence electrons. The van der Waals surface area contributed by atoms with Crippen molar-refractivity contribution in [3.8, 4) is 5.75 Å². The molecule has 0 spiro atoms. The van der Waals surface area contributed by atoms with Crippen LogP contribution in [0.15, 0.2) is 18.2 Å². The average Bonchev–Trinajstić information content (AvgIpc) is 3.08. The fourth-order valence-corrected chi connectivity index (χ4v) is 2.78. The quantitative estimate of drug-likeness (QED) is 0.851. The molecule has 1 aliphatic carbocycles. The Balaban J connectivity index is 2.33. The highest BCUT2D eigenvalue weighted by Crippen LogP contribution is 2.43. The van der Waals surface area contributed by atoms with Crippen molar-refractivity contribution in [3.63, 3.8) is 0 Å². The third-order valence-electron chi connectivity index (χ3n) is 3.67. The zero-order chi connectivity index (χ0) is 12.0. The fraction of sp³-hybridized carbons (Fsp3) is 0.429. The molecule has 1 heterocycles. The maximum absolute atomic E-state index is 10.0. The number of aryl methyl sites for hydroxylation is 1. The summed E-state index contributed by atoms with van der Waals surface area (Å²) in [5.74, 6) is 0.387. The molecular weight excluding hydrogens is 212 g/mol. The molecule has 3 N–H and O–H groups in total. The summed E-state index contributed by atoms with van der Waals surface area (Å²) >= 11 is 0. The number of rotatable bonds is 3. The zero-order valence-corrected chi connectivity index (χ0v) is 10.1. The minimum atomic E-state index is 0.387. The summed E-state index contributed by atoms with van der Waals surface area (Å²) in [5.41, 5.74) is 9.35. The molecule has 0 amide bonds. The van der Waals surface area contributed by atoms with Gasteiger partial charge in [0.15, 0.2) is 0 Å². The van der Waals surface area contributed by atoms with Gasteiger partial charge in [-0.25, -0.2) is 0 Å². The van der Waals surface area contributed by atoms with E-state index in [-0.39, 0.29) is 0 Å². The minimum Gasteiger partial charge on any atom is -0.507 e. The predicted molar refractivity (Wildman–Crippen MR) is 69.4 cm³/mol. The Kier molecular flexibility index (Phi) is 2.37. The number of hydrogen-bond donors (Lipinski definition) is 2. The molecule has 0 saturated heterocycles. The van der Waals surface area contributed by atoms with E-state index in [1.54, 1.807) is 6.07 Å². The van der Waals surface area contributed by atoms with E-state index in [9.17, 15) is 5.11 Å². The number of phenolic OH excluding ortho intramolecular Hbond substituents is 1. The Bertz CT molecular complexity index is 567. The topological polar surface area (TPSA) is 51.2 Å². The highest BCUT2D eigenvalue weighted by atomic mass is 16.3. The highest BCUT2D eigenvalue weighted by molar-refractivity contribution is 5.91. The van der Waals surface area contributed by atoms with Gasteiger partial charge in [0.2, 0.25) is 0 Å². The van der Waals surface area contributed by atoms with Gasteiger partial charge < -0.3 is 15.4 Å². The maximum atomic E-state index is 10.0. The van der Waals surface area contributed by atoms with Gasteiger partial charge in [0, 0.05) is 23.5 Å². The molecule has 3 rings (SSSR count). The largest absolute Gasteiger partial charge is 0.507 e. The first-order valence-electron chi connectivity index (χ1n) is 6.25. The number of benzene rings is 1. The van der Waals surface area contributed by atoms with Gasteiger partial charge in [0.1, 0.15) is 5.75 Å². The standard InChI is InChI=1S/C14H18N2O/c1-9-11(7-8-15)16(10-5-6-10)12-3-2-4-13(17)14(9)12/h2-4,10,17H,5-8,15H2,1H3. The van der Waals surface area contributed by atoms with E-state index in [0.717, 1.165) is 17.3 Å². The monoisotopic (exact) mass is 230 g/mol. The summed E-state index contributed by atoms with van der Waals surface area (Å²) < 4.78 is 2.39. The molecule has 3 heteroatoms. The fourth-order valence-electron chi connectivity index (χ4n) is 2.78. The molecule has 1 aliphatic rings. The maximum Gasteiger partial charge on any atom is 0.125 e. The van der Waals surface area contributed by atoms with E-state index in [1.165, 1.54) is 24.1 Å².